The average Bonchev–Trinajstić information content (AvgIpc) is 2.41. The third-order valence-corrected chi connectivity index (χ3v) is 3.67. The fourth-order valence-electron chi connectivity index (χ4n) is 2.21. The molecule has 0 saturated heterocycles. The fourth-order valence-corrected chi connectivity index (χ4v) is 2.21. The molecule has 1 N–H and O–H groups in total. The van der Waals surface area contributed by atoms with E-state index >= 15 is 0 Å². The number of aromatic nitrogens is 1. The molecule has 0 amide bonds. The van der Waals surface area contributed by atoms with Gasteiger partial charge in [0.25, 0.3) is 0 Å². The van der Waals surface area contributed by atoms with E-state index in [-0.39, 0.29) is 5.92 Å². The maximum atomic E-state index is 10.5. The summed E-state index contributed by atoms with van der Waals surface area (Å²) in [6, 6.07) is 9.99. The third kappa shape index (κ3) is 2.44. The molecule has 2 heteroatoms. The molecule has 0 fully saturated rings. The number of nitrogens with zero attached hydrogens (tertiary/aromatic N) is 1. The molecular formula is C16H19NO. The van der Waals surface area contributed by atoms with E-state index in [1.807, 2.05) is 31.2 Å². The van der Waals surface area contributed by atoms with Crippen LogP contribution in [-0.4, -0.2) is 10.1 Å². The van der Waals surface area contributed by atoms with Crippen LogP contribution in [0.2, 0.25) is 0 Å². The van der Waals surface area contributed by atoms with Crippen LogP contribution in [0.3, 0.4) is 0 Å². The van der Waals surface area contributed by atoms with Gasteiger partial charge >= 0.3 is 0 Å². The Morgan fingerprint density at radius 1 is 1.06 bits per heavy atom. The second kappa shape index (κ2) is 5.32. The summed E-state index contributed by atoms with van der Waals surface area (Å²) in [5, 5.41) is 10.5. The van der Waals surface area contributed by atoms with E-state index in [4.69, 9.17) is 0 Å². The molecule has 0 aliphatic heterocycles. The van der Waals surface area contributed by atoms with Gasteiger partial charge in [0.2, 0.25) is 0 Å². The summed E-state index contributed by atoms with van der Waals surface area (Å²) in [4.78, 5) is 4.01. The Kier molecular flexibility index (Phi) is 3.78. The lowest BCUT2D eigenvalue weighted by Gasteiger charge is -2.22. The number of hydrogen-bond acceptors (Lipinski definition) is 2. The number of aryl methyl sites for hydroxylation is 1. The molecule has 1 heterocycles. The first-order valence-electron chi connectivity index (χ1n) is 6.25. The third-order valence-electron chi connectivity index (χ3n) is 3.67. The smallest absolute Gasteiger partial charge is 0.0858 e. The largest absolute Gasteiger partial charge is 0.388 e. The van der Waals surface area contributed by atoms with Gasteiger partial charge in [0.05, 0.1) is 6.10 Å². The van der Waals surface area contributed by atoms with Gasteiger partial charge in [0, 0.05) is 18.3 Å². The van der Waals surface area contributed by atoms with Gasteiger partial charge in [-0.25, -0.2) is 0 Å². The van der Waals surface area contributed by atoms with Crippen molar-refractivity contribution in [3.63, 3.8) is 0 Å². The van der Waals surface area contributed by atoms with Crippen molar-refractivity contribution in [3.8, 4) is 0 Å². The molecule has 1 aromatic carbocycles. The Hall–Kier alpha value is -1.67. The van der Waals surface area contributed by atoms with E-state index in [9.17, 15) is 5.11 Å². The molecule has 0 aliphatic carbocycles. The highest BCUT2D eigenvalue weighted by Gasteiger charge is 2.20. The Balaban J connectivity index is 2.31. The Morgan fingerprint density at radius 3 is 2.39 bits per heavy atom. The van der Waals surface area contributed by atoms with Gasteiger partial charge in [0.1, 0.15) is 0 Å². The highest BCUT2D eigenvalue weighted by Crippen LogP contribution is 2.32. The first kappa shape index (κ1) is 12.8. The summed E-state index contributed by atoms with van der Waals surface area (Å²) in [5.41, 5.74) is 4.51. The normalized spacial score (nSPS) is 14.2. The highest BCUT2D eigenvalue weighted by atomic mass is 16.3. The van der Waals surface area contributed by atoms with Gasteiger partial charge in [0.15, 0.2) is 0 Å². The molecule has 0 spiro atoms. The van der Waals surface area contributed by atoms with Crippen molar-refractivity contribution >= 4 is 0 Å². The van der Waals surface area contributed by atoms with E-state index in [0.29, 0.717) is 0 Å². The van der Waals surface area contributed by atoms with E-state index in [0.717, 1.165) is 11.1 Å². The van der Waals surface area contributed by atoms with E-state index in [2.05, 4.69) is 24.9 Å². The summed E-state index contributed by atoms with van der Waals surface area (Å²) >= 11 is 0. The summed E-state index contributed by atoms with van der Waals surface area (Å²) in [6.07, 6.45) is 3.05. The minimum atomic E-state index is -0.479. The number of aliphatic hydroxyl groups excluding tert-OH is 1. The molecule has 0 radical (unpaired) electrons. The van der Waals surface area contributed by atoms with Gasteiger partial charge in [-0.3, -0.25) is 4.98 Å². The lowest BCUT2D eigenvalue weighted by atomic mass is 9.88. The maximum absolute atomic E-state index is 10.5. The molecule has 0 aliphatic rings. The van der Waals surface area contributed by atoms with Crippen LogP contribution in [0, 0.1) is 13.8 Å². The van der Waals surface area contributed by atoms with Crippen molar-refractivity contribution in [2.75, 3.05) is 0 Å². The Labute approximate surface area is 108 Å². The number of hydrogen-bond donors (Lipinski definition) is 1. The minimum absolute atomic E-state index is 0.0634. The van der Waals surface area contributed by atoms with E-state index in [1.54, 1.807) is 12.4 Å². The van der Waals surface area contributed by atoms with Crippen LogP contribution in [0.1, 0.15) is 41.2 Å². The Bertz CT molecular complexity index is 522. The second-order valence-electron chi connectivity index (χ2n) is 4.80. The van der Waals surface area contributed by atoms with Crippen molar-refractivity contribution < 1.29 is 5.11 Å². The van der Waals surface area contributed by atoms with Crippen molar-refractivity contribution in [1.29, 1.82) is 0 Å². The summed E-state index contributed by atoms with van der Waals surface area (Å²) in [5.74, 6) is 0.0634. The maximum Gasteiger partial charge on any atom is 0.0858 e. The Morgan fingerprint density at radius 2 is 1.72 bits per heavy atom. The lowest BCUT2D eigenvalue weighted by molar-refractivity contribution is 0.151. The van der Waals surface area contributed by atoms with Crippen molar-refractivity contribution in [3.05, 3.63) is 65.0 Å². The molecule has 0 saturated carbocycles. The summed E-state index contributed by atoms with van der Waals surface area (Å²) in [7, 11) is 0. The van der Waals surface area contributed by atoms with Crippen molar-refractivity contribution in [1.82, 2.24) is 4.98 Å². The monoisotopic (exact) mass is 241 g/mol. The average molecular weight is 241 g/mol. The predicted octanol–water partition coefficient (Wildman–Crippen LogP) is 3.54. The summed E-state index contributed by atoms with van der Waals surface area (Å²) < 4.78 is 0. The molecule has 2 atom stereocenters. The molecule has 18 heavy (non-hydrogen) atoms. The van der Waals surface area contributed by atoms with Crippen LogP contribution in [0.15, 0.2) is 42.7 Å². The molecule has 2 nitrogen and oxygen atoms in total. The molecule has 2 aromatic rings. The first-order chi connectivity index (χ1) is 8.61. The van der Waals surface area contributed by atoms with E-state index < -0.39 is 6.10 Å². The predicted molar refractivity (Wildman–Crippen MR) is 73.5 cm³/mol. The quantitative estimate of drug-likeness (QED) is 0.891. The zero-order valence-corrected chi connectivity index (χ0v) is 11.1. The van der Waals surface area contributed by atoms with Gasteiger partial charge < -0.3 is 5.11 Å². The number of rotatable bonds is 3. The highest BCUT2D eigenvalue weighted by molar-refractivity contribution is 5.36. The molecule has 2 unspecified atom stereocenters. The molecule has 0 bridgehead atoms. The van der Waals surface area contributed by atoms with Gasteiger partial charge in [-0.1, -0.05) is 25.1 Å². The number of pyridine rings is 1. The van der Waals surface area contributed by atoms with Crippen LogP contribution in [0.25, 0.3) is 0 Å². The molecule has 1 aromatic heterocycles. The van der Waals surface area contributed by atoms with Crippen LogP contribution < -0.4 is 0 Å². The lowest BCUT2D eigenvalue weighted by Crippen LogP contribution is -2.09. The van der Waals surface area contributed by atoms with E-state index in [1.165, 1.54) is 11.1 Å². The van der Waals surface area contributed by atoms with Crippen LogP contribution in [-0.2, 0) is 0 Å². The zero-order valence-electron chi connectivity index (χ0n) is 11.1. The molecule has 2 rings (SSSR count). The first-order valence-corrected chi connectivity index (χ1v) is 6.25. The van der Waals surface area contributed by atoms with Gasteiger partial charge in [-0.15, -0.1) is 0 Å². The van der Waals surface area contributed by atoms with Crippen LogP contribution in [0.5, 0.6) is 0 Å². The SMILES string of the molecule is Cc1cccc(C(O)C(C)c2ccncc2)c1C. The van der Waals surface area contributed by atoms with Crippen LogP contribution in [0.4, 0.5) is 0 Å². The standard InChI is InChI=1S/C16H19NO/c1-11-5-4-6-15(12(11)2)16(18)13(3)14-7-9-17-10-8-14/h4-10,13,16,18H,1-3H3. The van der Waals surface area contributed by atoms with Gasteiger partial charge in [-0.05, 0) is 48.2 Å². The van der Waals surface area contributed by atoms with Crippen molar-refractivity contribution in [2.45, 2.75) is 32.8 Å². The fraction of sp³-hybridized carbons (Fsp3) is 0.312. The number of benzene rings is 1. The van der Waals surface area contributed by atoms with Gasteiger partial charge in [-0.2, -0.15) is 0 Å². The minimum Gasteiger partial charge on any atom is -0.388 e. The zero-order chi connectivity index (χ0) is 13.1. The van der Waals surface area contributed by atoms with Crippen LogP contribution >= 0.6 is 0 Å². The number of aliphatic hydroxyl groups is 1. The van der Waals surface area contributed by atoms with Crippen molar-refractivity contribution in [2.24, 2.45) is 0 Å². The summed E-state index contributed by atoms with van der Waals surface area (Å²) in [6.45, 7) is 6.18. The second-order valence-corrected chi connectivity index (χ2v) is 4.80. The topological polar surface area (TPSA) is 33.1 Å². The molecule has 94 valence electrons. The molecular weight excluding hydrogens is 222 g/mol.